The maximum Gasteiger partial charge on any atom is 0.319 e. The van der Waals surface area contributed by atoms with Crippen LogP contribution in [-0.4, -0.2) is 27.8 Å². The van der Waals surface area contributed by atoms with Gasteiger partial charge >= 0.3 is 5.97 Å². The molecule has 1 atom stereocenters. The average Bonchev–Trinajstić information content (AvgIpc) is 2.75. The smallest absolute Gasteiger partial charge is 0.319 e. The Hall–Kier alpha value is -0.970. The number of aromatic nitrogens is 2. The number of H-pyrrole nitrogens is 1. The van der Waals surface area contributed by atoms with Crippen LogP contribution >= 0.6 is 11.8 Å². The van der Waals surface area contributed by atoms with Crippen LogP contribution in [0, 0.1) is 0 Å². The third-order valence-electron chi connectivity index (χ3n) is 1.81. The minimum absolute atomic E-state index is 0.152. The first kappa shape index (κ1) is 12.1. The molecule has 84 valence electrons. The van der Waals surface area contributed by atoms with Gasteiger partial charge in [0, 0.05) is 12.4 Å². The van der Waals surface area contributed by atoms with Gasteiger partial charge in [-0.1, -0.05) is 25.6 Å². The summed E-state index contributed by atoms with van der Waals surface area (Å²) in [5, 5.41) is 0.595. The Kier molecular flexibility index (Phi) is 5.25. The Morgan fingerprint density at radius 2 is 2.47 bits per heavy atom. The zero-order valence-electron chi connectivity index (χ0n) is 9.03. The van der Waals surface area contributed by atoms with Gasteiger partial charge in [-0.2, -0.15) is 0 Å². The van der Waals surface area contributed by atoms with E-state index in [2.05, 4.69) is 9.97 Å². The molecule has 0 aromatic carbocycles. The van der Waals surface area contributed by atoms with Crippen molar-refractivity contribution in [2.45, 2.75) is 37.1 Å². The van der Waals surface area contributed by atoms with E-state index < -0.39 is 0 Å². The quantitative estimate of drug-likeness (QED) is 0.599. The van der Waals surface area contributed by atoms with Crippen molar-refractivity contribution in [2.24, 2.45) is 0 Å². The number of carbonyl (C=O) groups excluding carboxylic acids is 1. The summed E-state index contributed by atoms with van der Waals surface area (Å²) in [4.78, 5) is 18.6. The molecule has 0 aliphatic carbocycles. The highest BCUT2D eigenvalue weighted by Gasteiger charge is 2.20. The van der Waals surface area contributed by atoms with Crippen LogP contribution in [0.15, 0.2) is 17.6 Å². The van der Waals surface area contributed by atoms with Crippen molar-refractivity contribution in [2.75, 3.05) is 6.61 Å². The highest BCUT2D eigenvalue weighted by molar-refractivity contribution is 8.00. The van der Waals surface area contributed by atoms with Crippen LogP contribution in [-0.2, 0) is 9.53 Å². The molecule has 1 unspecified atom stereocenters. The molecular formula is C10H16N2O2S. The molecule has 0 bridgehead atoms. The van der Waals surface area contributed by atoms with Crippen LogP contribution in [0.5, 0.6) is 0 Å². The molecule has 4 nitrogen and oxygen atoms in total. The number of esters is 1. The van der Waals surface area contributed by atoms with Crippen molar-refractivity contribution >= 4 is 17.7 Å². The van der Waals surface area contributed by atoms with Crippen LogP contribution in [0.2, 0.25) is 0 Å². The van der Waals surface area contributed by atoms with Gasteiger partial charge < -0.3 is 9.72 Å². The van der Waals surface area contributed by atoms with Crippen LogP contribution in [0.25, 0.3) is 0 Å². The topological polar surface area (TPSA) is 55.0 Å². The molecule has 0 amide bonds. The Bertz CT molecular complexity index is 288. The second-order valence-electron chi connectivity index (χ2n) is 3.08. The van der Waals surface area contributed by atoms with E-state index in [1.807, 2.05) is 13.8 Å². The molecule has 1 aromatic rings. The van der Waals surface area contributed by atoms with Crippen molar-refractivity contribution in [3.05, 3.63) is 12.4 Å². The van der Waals surface area contributed by atoms with E-state index >= 15 is 0 Å². The van der Waals surface area contributed by atoms with E-state index in [-0.39, 0.29) is 11.2 Å². The van der Waals surface area contributed by atoms with Gasteiger partial charge in [0.2, 0.25) is 0 Å². The van der Waals surface area contributed by atoms with Gasteiger partial charge in [0.1, 0.15) is 5.25 Å². The first-order valence-electron chi connectivity index (χ1n) is 5.10. The van der Waals surface area contributed by atoms with Crippen molar-refractivity contribution in [3.63, 3.8) is 0 Å². The number of hydrogen-bond donors (Lipinski definition) is 1. The fraction of sp³-hybridized carbons (Fsp3) is 0.600. The zero-order valence-corrected chi connectivity index (χ0v) is 9.84. The summed E-state index contributed by atoms with van der Waals surface area (Å²) < 4.78 is 5.09. The standard InChI is InChI=1S/C10H16N2O2S/c1-3-7-14-9(13)8(4-2)15-10-11-5-6-12-10/h5-6,8H,3-4,7H2,1-2H3,(H,11,12). The molecular weight excluding hydrogens is 212 g/mol. The fourth-order valence-corrected chi connectivity index (χ4v) is 1.90. The summed E-state index contributed by atoms with van der Waals surface area (Å²) >= 11 is 1.41. The number of aromatic amines is 1. The number of nitrogens with one attached hydrogen (secondary N) is 1. The Labute approximate surface area is 93.8 Å². The molecule has 1 aromatic heterocycles. The lowest BCUT2D eigenvalue weighted by molar-refractivity contribution is -0.143. The number of imidazole rings is 1. The monoisotopic (exact) mass is 228 g/mol. The molecule has 0 spiro atoms. The Morgan fingerprint density at radius 3 is 3.00 bits per heavy atom. The Morgan fingerprint density at radius 1 is 1.67 bits per heavy atom. The predicted molar refractivity (Wildman–Crippen MR) is 59.8 cm³/mol. The summed E-state index contributed by atoms with van der Waals surface area (Å²) in [5.74, 6) is -0.152. The first-order chi connectivity index (χ1) is 7.27. The average molecular weight is 228 g/mol. The van der Waals surface area contributed by atoms with Crippen LogP contribution < -0.4 is 0 Å². The van der Waals surface area contributed by atoms with Gasteiger partial charge in [0.15, 0.2) is 5.16 Å². The van der Waals surface area contributed by atoms with Gasteiger partial charge in [0.25, 0.3) is 0 Å². The summed E-state index contributed by atoms with van der Waals surface area (Å²) in [6, 6.07) is 0. The molecule has 15 heavy (non-hydrogen) atoms. The molecule has 5 heteroatoms. The SMILES string of the molecule is CCCOC(=O)C(CC)Sc1ncc[nH]1. The minimum atomic E-state index is -0.164. The third kappa shape index (κ3) is 3.95. The molecule has 1 heterocycles. The van der Waals surface area contributed by atoms with Gasteiger partial charge in [-0.3, -0.25) is 4.79 Å². The summed E-state index contributed by atoms with van der Waals surface area (Å²) in [7, 11) is 0. The second-order valence-corrected chi connectivity index (χ2v) is 4.27. The molecule has 0 radical (unpaired) electrons. The number of thioether (sulfide) groups is 1. The lowest BCUT2D eigenvalue weighted by atomic mass is 10.3. The van der Waals surface area contributed by atoms with E-state index in [9.17, 15) is 4.79 Å². The summed E-state index contributed by atoms with van der Waals surface area (Å²) in [5.41, 5.74) is 0. The number of ether oxygens (including phenoxy) is 1. The van der Waals surface area contributed by atoms with Crippen molar-refractivity contribution in [1.29, 1.82) is 0 Å². The highest BCUT2D eigenvalue weighted by Crippen LogP contribution is 2.22. The Balaban J connectivity index is 2.44. The second kappa shape index (κ2) is 6.50. The van der Waals surface area contributed by atoms with Crippen LogP contribution in [0.3, 0.4) is 0 Å². The van der Waals surface area contributed by atoms with E-state index in [0.717, 1.165) is 18.0 Å². The van der Waals surface area contributed by atoms with E-state index in [0.29, 0.717) is 6.61 Å². The van der Waals surface area contributed by atoms with Crippen molar-refractivity contribution in [3.8, 4) is 0 Å². The van der Waals surface area contributed by atoms with Crippen LogP contribution in [0.1, 0.15) is 26.7 Å². The maximum atomic E-state index is 11.6. The minimum Gasteiger partial charge on any atom is -0.465 e. The van der Waals surface area contributed by atoms with Crippen molar-refractivity contribution < 1.29 is 9.53 Å². The van der Waals surface area contributed by atoms with E-state index in [1.54, 1.807) is 12.4 Å². The summed E-state index contributed by atoms with van der Waals surface area (Å²) in [6.07, 6.45) is 5.01. The zero-order chi connectivity index (χ0) is 11.1. The number of nitrogens with zero attached hydrogens (tertiary/aromatic N) is 1. The molecule has 0 fully saturated rings. The number of rotatable bonds is 6. The molecule has 1 rings (SSSR count). The lowest BCUT2D eigenvalue weighted by Crippen LogP contribution is -2.20. The van der Waals surface area contributed by atoms with Gasteiger partial charge in [-0.25, -0.2) is 4.98 Å². The van der Waals surface area contributed by atoms with Gasteiger partial charge in [0.05, 0.1) is 6.61 Å². The molecule has 1 N–H and O–H groups in total. The van der Waals surface area contributed by atoms with E-state index in [1.165, 1.54) is 11.8 Å². The number of hydrogen-bond acceptors (Lipinski definition) is 4. The van der Waals surface area contributed by atoms with E-state index in [4.69, 9.17) is 4.74 Å². The van der Waals surface area contributed by atoms with Crippen LogP contribution in [0.4, 0.5) is 0 Å². The largest absolute Gasteiger partial charge is 0.465 e. The van der Waals surface area contributed by atoms with Crippen molar-refractivity contribution in [1.82, 2.24) is 9.97 Å². The predicted octanol–water partition coefficient (Wildman–Crippen LogP) is 2.23. The number of carbonyl (C=O) groups is 1. The fourth-order valence-electron chi connectivity index (χ4n) is 1.04. The third-order valence-corrected chi connectivity index (χ3v) is 3.07. The summed E-state index contributed by atoms with van der Waals surface area (Å²) in [6.45, 7) is 4.44. The lowest BCUT2D eigenvalue weighted by Gasteiger charge is -2.11. The normalized spacial score (nSPS) is 12.4. The molecule has 0 saturated heterocycles. The highest BCUT2D eigenvalue weighted by atomic mass is 32.2. The van der Waals surface area contributed by atoms with Gasteiger partial charge in [-0.15, -0.1) is 0 Å². The van der Waals surface area contributed by atoms with Gasteiger partial charge in [-0.05, 0) is 12.8 Å². The molecule has 0 aliphatic rings. The first-order valence-corrected chi connectivity index (χ1v) is 5.98. The molecule has 0 aliphatic heterocycles. The molecule has 0 saturated carbocycles. The maximum absolute atomic E-state index is 11.6.